The molecule has 0 saturated heterocycles. The van der Waals surface area contributed by atoms with Gasteiger partial charge in [0.25, 0.3) is 0 Å². The van der Waals surface area contributed by atoms with E-state index in [0.717, 1.165) is 95.8 Å². The van der Waals surface area contributed by atoms with Gasteiger partial charge in [-0.3, -0.25) is 37.3 Å². The highest BCUT2D eigenvalue weighted by atomic mass is 31.2. The van der Waals surface area contributed by atoms with Gasteiger partial charge in [0.2, 0.25) is 0 Å². The van der Waals surface area contributed by atoms with Crippen LogP contribution in [0.25, 0.3) is 0 Å². The summed E-state index contributed by atoms with van der Waals surface area (Å²) in [5.74, 6) is -1.40. The van der Waals surface area contributed by atoms with Crippen LogP contribution < -0.4 is 0 Å². The molecule has 0 heterocycles. The number of unbranched alkanes of at least 4 members (excludes halogenated alkanes) is 48. The van der Waals surface area contributed by atoms with Crippen LogP contribution in [0.15, 0.2) is 0 Å². The Morgan fingerprint density at radius 2 is 0.500 bits per heavy atom. The quantitative estimate of drug-likeness (QED) is 0.0222. The number of phosphoric acid groups is 2. The Morgan fingerprint density at radius 1 is 0.292 bits per heavy atom. The Balaban J connectivity index is 5.19. The lowest BCUT2D eigenvalue weighted by Gasteiger charge is -2.21. The summed E-state index contributed by atoms with van der Waals surface area (Å²) in [5, 5.41) is 10.6. The summed E-state index contributed by atoms with van der Waals surface area (Å²) < 4.78 is 68.5. The van der Waals surface area contributed by atoms with E-state index in [9.17, 15) is 43.2 Å². The molecule has 0 fully saturated rings. The summed E-state index contributed by atoms with van der Waals surface area (Å²) in [4.78, 5) is 72.7. The number of aliphatic hydroxyl groups excluding tert-OH is 1. The Hall–Kier alpha value is -1.94. The van der Waals surface area contributed by atoms with E-state index in [-0.39, 0.29) is 25.7 Å². The molecule has 0 bridgehead atoms. The van der Waals surface area contributed by atoms with Gasteiger partial charge >= 0.3 is 39.5 Å². The van der Waals surface area contributed by atoms with Crippen molar-refractivity contribution in [3.63, 3.8) is 0 Å². The van der Waals surface area contributed by atoms with Crippen molar-refractivity contribution in [1.29, 1.82) is 0 Å². The van der Waals surface area contributed by atoms with E-state index in [1.54, 1.807) is 0 Å². The molecule has 0 saturated carbocycles. The average Bonchev–Trinajstić information content (AvgIpc) is 2.16. The number of phosphoric ester groups is 2. The number of rotatable bonds is 77. The van der Waals surface area contributed by atoms with Crippen molar-refractivity contribution in [3.8, 4) is 0 Å². The highest BCUT2D eigenvalue weighted by molar-refractivity contribution is 7.47. The third-order valence-corrected chi connectivity index (χ3v) is 20.3. The van der Waals surface area contributed by atoms with Crippen LogP contribution in [0.3, 0.4) is 0 Å². The van der Waals surface area contributed by atoms with Gasteiger partial charge in [-0.25, -0.2) is 9.13 Å². The first-order valence-corrected chi connectivity index (χ1v) is 43.2. The normalized spacial score (nSPS) is 14.2. The van der Waals surface area contributed by atoms with Gasteiger partial charge in [0.15, 0.2) is 12.2 Å². The minimum Gasteiger partial charge on any atom is -0.462 e. The lowest BCUT2D eigenvalue weighted by atomic mass is 10.00. The molecule has 0 aliphatic rings. The van der Waals surface area contributed by atoms with E-state index in [2.05, 4.69) is 34.6 Å². The predicted molar refractivity (Wildman–Crippen MR) is 391 cm³/mol. The molecule has 6 atom stereocenters. The summed E-state index contributed by atoms with van der Waals surface area (Å²) in [7, 11) is -9.91. The standard InChI is InChI=1S/C77H150O17P2/c1-6-10-13-16-19-22-24-26-28-30-31-32-34-36-38-40-43-46-52-57-62-76(81)93-72(66-88-75(80)61-56-51-45-42-39-37-35-33-29-27-25-23-20-17-14-11-7-2)68-91-95(83,84)89-64-71(78)65-90-96(85,86)92-69-73(67-87-74(79)60-55-50-44-41-21-18-15-12-8-3)94-77(82)63-58-53-48-47-49-54-59-70(5)9-4/h70-73,78H,6-69H2,1-5H3,(H,83,84)(H,85,86)/t70?,71-,72-,73-/m1/s1. The molecule has 0 radical (unpaired) electrons. The van der Waals surface area contributed by atoms with Gasteiger partial charge in [0, 0.05) is 25.7 Å². The van der Waals surface area contributed by atoms with Gasteiger partial charge < -0.3 is 33.8 Å². The molecular weight excluding hydrogens is 1260 g/mol. The first kappa shape index (κ1) is 94.1. The minimum atomic E-state index is -4.96. The molecule has 17 nitrogen and oxygen atoms in total. The minimum absolute atomic E-state index is 0.103. The lowest BCUT2D eigenvalue weighted by molar-refractivity contribution is -0.161. The monoisotopic (exact) mass is 1410 g/mol. The average molecular weight is 1410 g/mol. The first-order valence-electron chi connectivity index (χ1n) is 40.2. The maximum Gasteiger partial charge on any atom is 0.472 e. The van der Waals surface area contributed by atoms with Gasteiger partial charge in [0.05, 0.1) is 26.4 Å². The Kier molecular flexibility index (Phi) is 68.7. The fraction of sp³-hybridized carbons (Fsp3) is 0.948. The van der Waals surface area contributed by atoms with E-state index in [4.69, 9.17) is 37.0 Å². The number of aliphatic hydroxyl groups is 1. The molecule has 0 aliphatic heterocycles. The Morgan fingerprint density at radius 3 is 0.740 bits per heavy atom. The van der Waals surface area contributed by atoms with Crippen molar-refractivity contribution in [2.24, 2.45) is 5.92 Å². The zero-order chi connectivity index (χ0) is 70.5. The van der Waals surface area contributed by atoms with Crippen LogP contribution in [-0.4, -0.2) is 96.7 Å². The van der Waals surface area contributed by atoms with Crippen LogP contribution in [-0.2, 0) is 65.4 Å². The van der Waals surface area contributed by atoms with Gasteiger partial charge in [-0.15, -0.1) is 0 Å². The number of carbonyl (C=O) groups is 4. The van der Waals surface area contributed by atoms with E-state index in [1.165, 1.54) is 231 Å². The molecule has 96 heavy (non-hydrogen) atoms. The molecule has 0 aromatic heterocycles. The number of ether oxygens (including phenoxy) is 4. The van der Waals surface area contributed by atoms with Gasteiger partial charge in [-0.2, -0.15) is 0 Å². The van der Waals surface area contributed by atoms with Gasteiger partial charge in [0.1, 0.15) is 19.3 Å². The Labute approximate surface area is 588 Å². The second kappa shape index (κ2) is 70.1. The third-order valence-electron chi connectivity index (χ3n) is 18.4. The fourth-order valence-electron chi connectivity index (χ4n) is 11.8. The highest BCUT2D eigenvalue weighted by Gasteiger charge is 2.30. The van der Waals surface area contributed by atoms with Crippen molar-refractivity contribution in [2.75, 3.05) is 39.6 Å². The van der Waals surface area contributed by atoms with Gasteiger partial charge in [-0.1, -0.05) is 356 Å². The summed E-state index contributed by atoms with van der Waals surface area (Å²) >= 11 is 0. The fourth-order valence-corrected chi connectivity index (χ4v) is 13.4. The van der Waals surface area contributed by atoms with E-state index < -0.39 is 97.5 Å². The molecule has 0 aliphatic carbocycles. The molecule has 0 amide bonds. The molecule has 19 heteroatoms. The zero-order valence-corrected chi connectivity index (χ0v) is 64.3. The maximum absolute atomic E-state index is 13.1. The van der Waals surface area contributed by atoms with Crippen LogP contribution in [0.2, 0.25) is 0 Å². The van der Waals surface area contributed by atoms with Crippen molar-refractivity contribution in [3.05, 3.63) is 0 Å². The summed E-state index contributed by atoms with van der Waals surface area (Å²) in [6.45, 7) is 7.23. The molecule has 0 spiro atoms. The van der Waals surface area contributed by atoms with Crippen LogP contribution in [0.1, 0.15) is 407 Å². The summed E-state index contributed by atoms with van der Waals surface area (Å²) in [5.41, 5.74) is 0. The third kappa shape index (κ3) is 69.2. The highest BCUT2D eigenvalue weighted by Crippen LogP contribution is 2.45. The summed E-state index contributed by atoms with van der Waals surface area (Å²) in [6.07, 6.45) is 59.9. The number of esters is 4. The first-order chi connectivity index (χ1) is 46.6. The van der Waals surface area contributed by atoms with E-state index in [0.29, 0.717) is 25.7 Å². The lowest BCUT2D eigenvalue weighted by Crippen LogP contribution is -2.30. The van der Waals surface area contributed by atoms with Crippen molar-refractivity contribution in [1.82, 2.24) is 0 Å². The van der Waals surface area contributed by atoms with Crippen LogP contribution in [0.5, 0.6) is 0 Å². The second-order valence-corrected chi connectivity index (χ2v) is 30.9. The van der Waals surface area contributed by atoms with Crippen molar-refractivity contribution >= 4 is 39.5 Å². The predicted octanol–water partition coefficient (Wildman–Crippen LogP) is 22.9. The van der Waals surface area contributed by atoms with E-state index in [1.807, 2.05) is 0 Å². The largest absolute Gasteiger partial charge is 0.472 e. The molecule has 0 rings (SSSR count). The maximum atomic E-state index is 13.1. The molecule has 0 aromatic carbocycles. The Bertz CT molecular complexity index is 1840. The van der Waals surface area contributed by atoms with E-state index >= 15 is 0 Å². The van der Waals surface area contributed by atoms with Crippen LogP contribution in [0, 0.1) is 5.92 Å². The molecule has 0 aromatic rings. The molecular formula is C77H150O17P2. The smallest absolute Gasteiger partial charge is 0.462 e. The number of hydrogen-bond donors (Lipinski definition) is 3. The topological polar surface area (TPSA) is 237 Å². The number of carbonyl (C=O) groups excluding carboxylic acids is 4. The molecule has 570 valence electrons. The molecule has 3 unspecified atom stereocenters. The SMILES string of the molecule is CCCCCCCCCCCCCCCCCCCCCCC(=O)O[C@H](COC(=O)CCCCCCCCCCCCCCCCCCC)COP(=O)(O)OC[C@@H](O)COP(=O)(O)OC[C@@H](COC(=O)CCCCCCCCCCC)OC(=O)CCCCCCCCC(C)CC. The van der Waals surface area contributed by atoms with Crippen LogP contribution >= 0.6 is 15.6 Å². The van der Waals surface area contributed by atoms with Gasteiger partial charge in [-0.05, 0) is 31.6 Å². The zero-order valence-electron chi connectivity index (χ0n) is 62.5. The summed E-state index contributed by atoms with van der Waals surface area (Å²) in [6, 6.07) is 0. The second-order valence-electron chi connectivity index (χ2n) is 28.0. The van der Waals surface area contributed by atoms with Crippen molar-refractivity contribution in [2.45, 2.75) is 425 Å². The van der Waals surface area contributed by atoms with Crippen LogP contribution in [0.4, 0.5) is 0 Å². The van der Waals surface area contributed by atoms with Crippen molar-refractivity contribution < 1.29 is 80.2 Å². The molecule has 3 N–H and O–H groups in total. The number of hydrogen-bond acceptors (Lipinski definition) is 15.